The van der Waals surface area contributed by atoms with Crippen LogP contribution in [0.15, 0.2) is 33.7 Å². The van der Waals surface area contributed by atoms with E-state index in [1.54, 1.807) is 13.0 Å². The van der Waals surface area contributed by atoms with Gasteiger partial charge >= 0.3 is 0 Å². The molecule has 0 saturated carbocycles. The summed E-state index contributed by atoms with van der Waals surface area (Å²) in [6.45, 7) is 1.70. The number of aliphatic imine (C=N–C) groups is 1. The Labute approximate surface area is 91.6 Å². The molecule has 0 fully saturated rings. The van der Waals surface area contributed by atoms with E-state index >= 15 is 0 Å². The molecular weight excluding hydrogens is 208 g/mol. The number of ketones is 1. The molecule has 0 spiro atoms. The Morgan fingerprint density at radius 1 is 1.56 bits per heavy atom. The van der Waals surface area contributed by atoms with Gasteiger partial charge in [-0.05, 0) is 13.0 Å². The third-order valence-electron chi connectivity index (χ3n) is 2.42. The van der Waals surface area contributed by atoms with E-state index in [1.807, 2.05) is 0 Å². The molecule has 1 aliphatic rings. The van der Waals surface area contributed by atoms with Gasteiger partial charge in [-0.15, -0.1) is 0 Å². The van der Waals surface area contributed by atoms with Crippen molar-refractivity contribution in [1.82, 2.24) is 0 Å². The molecule has 0 aliphatic carbocycles. The molecule has 1 aromatic rings. The molecule has 0 aromatic carbocycles. The molecule has 1 aliphatic heterocycles. The fourth-order valence-corrected chi connectivity index (χ4v) is 1.61. The summed E-state index contributed by atoms with van der Waals surface area (Å²) in [5.41, 5.74) is 6.69. The van der Waals surface area contributed by atoms with Crippen LogP contribution in [0.25, 0.3) is 5.57 Å². The Morgan fingerprint density at radius 3 is 2.88 bits per heavy atom. The van der Waals surface area contributed by atoms with Gasteiger partial charge in [-0.3, -0.25) is 14.6 Å². The Hall–Kier alpha value is -2.17. The third kappa shape index (κ3) is 1.56. The number of allylic oxidation sites excluding steroid dienone is 2. The van der Waals surface area contributed by atoms with Crippen LogP contribution in [0.1, 0.15) is 12.5 Å². The maximum Gasteiger partial charge on any atom is 0.233 e. The second-order valence-corrected chi connectivity index (χ2v) is 3.49. The van der Waals surface area contributed by atoms with Crippen molar-refractivity contribution in [2.75, 3.05) is 0 Å². The highest BCUT2D eigenvalue weighted by molar-refractivity contribution is 6.34. The minimum Gasteiger partial charge on any atom is -0.472 e. The van der Waals surface area contributed by atoms with Gasteiger partial charge < -0.3 is 10.2 Å². The van der Waals surface area contributed by atoms with Gasteiger partial charge in [0.25, 0.3) is 0 Å². The fraction of sp³-hybridized carbons (Fsp3) is 0.182. The monoisotopic (exact) mass is 218 g/mol. The zero-order chi connectivity index (χ0) is 11.7. The first kappa shape index (κ1) is 10.4. The van der Waals surface area contributed by atoms with Crippen LogP contribution in [0.2, 0.25) is 0 Å². The molecular formula is C11H10N2O3. The largest absolute Gasteiger partial charge is 0.472 e. The molecule has 82 valence electrons. The molecule has 16 heavy (non-hydrogen) atoms. The number of primary amides is 1. The Morgan fingerprint density at radius 2 is 2.31 bits per heavy atom. The van der Waals surface area contributed by atoms with Crippen molar-refractivity contribution in [3.63, 3.8) is 0 Å². The van der Waals surface area contributed by atoms with Crippen molar-refractivity contribution in [3.05, 3.63) is 29.9 Å². The normalized spacial score (nSPS) is 20.3. The highest BCUT2D eigenvalue weighted by Crippen LogP contribution is 2.26. The number of carbonyl (C=O) groups excluding carboxylic acids is 2. The number of Topliss-reactive ketones (excluding diaryl/α,β-unsaturated/α-hetero) is 1. The fourth-order valence-electron chi connectivity index (χ4n) is 1.61. The van der Waals surface area contributed by atoms with Crippen molar-refractivity contribution >= 4 is 23.5 Å². The molecule has 1 unspecified atom stereocenters. The number of furan rings is 1. The predicted octanol–water partition coefficient (Wildman–Crippen LogP) is 0.766. The molecule has 0 bridgehead atoms. The summed E-state index contributed by atoms with van der Waals surface area (Å²) >= 11 is 0. The van der Waals surface area contributed by atoms with E-state index in [9.17, 15) is 9.59 Å². The molecule has 5 nitrogen and oxygen atoms in total. The Bertz CT molecular complexity index is 497. The summed E-state index contributed by atoms with van der Waals surface area (Å²) in [6, 6.07) is 1.65. The van der Waals surface area contributed by atoms with Crippen LogP contribution < -0.4 is 5.73 Å². The zero-order valence-electron chi connectivity index (χ0n) is 8.64. The lowest BCUT2D eigenvalue weighted by atomic mass is 9.91. The molecule has 5 heteroatoms. The van der Waals surface area contributed by atoms with E-state index in [1.165, 1.54) is 18.7 Å². The van der Waals surface area contributed by atoms with Crippen molar-refractivity contribution in [2.45, 2.75) is 6.92 Å². The number of rotatable bonds is 2. The smallest absolute Gasteiger partial charge is 0.233 e. The van der Waals surface area contributed by atoms with Gasteiger partial charge in [0.05, 0.1) is 18.1 Å². The molecule has 2 N–H and O–H groups in total. The average molecular weight is 218 g/mol. The second kappa shape index (κ2) is 3.77. The van der Waals surface area contributed by atoms with Gasteiger partial charge in [-0.25, -0.2) is 0 Å². The van der Waals surface area contributed by atoms with Crippen LogP contribution in [-0.4, -0.2) is 17.9 Å². The summed E-state index contributed by atoms with van der Waals surface area (Å²) in [5, 5.41) is 0. The van der Waals surface area contributed by atoms with Gasteiger partial charge in [0, 0.05) is 17.5 Å². The third-order valence-corrected chi connectivity index (χ3v) is 2.42. The average Bonchev–Trinajstić information content (AvgIpc) is 2.70. The summed E-state index contributed by atoms with van der Waals surface area (Å²) in [7, 11) is 0. The molecule has 2 heterocycles. The number of nitrogens with zero attached hydrogens (tertiary/aromatic N) is 1. The number of nitrogens with two attached hydrogens (primary N) is 1. The van der Waals surface area contributed by atoms with Gasteiger partial charge in [0.2, 0.25) is 5.91 Å². The summed E-state index contributed by atoms with van der Waals surface area (Å²) in [4.78, 5) is 27.0. The zero-order valence-corrected chi connectivity index (χ0v) is 8.64. The molecule has 1 atom stereocenters. The highest BCUT2D eigenvalue weighted by Gasteiger charge is 2.31. The minimum absolute atomic E-state index is 0.332. The van der Waals surface area contributed by atoms with Crippen LogP contribution in [0.5, 0.6) is 0 Å². The van der Waals surface area contributed by atoms with E-state index in [0.717, 1.165) is 0 Å². The van der Waals surface area contributed by atoms with Crippen LogP contribution >= 0.6 is 0 Å². The lowest BCUT2D eigenvalue weighted by molar-refractivity contribution is -0.126. The van der Waals surface area contributed by atoms with Crippen molar-refractivity contribution in [2.24, 2.45) is 16.6 Å². The first-order valence-corrected chi connectivity index (χ1v) is 4.72. The lowest BCUT2D eigenvalue weighted by Gasteiger charge is -2.15. The van der Waals surface area contributed by atoms with Gasteiger partial charge in [-0.2, -0.15) is 0 Å². The minimum atomic E-state index is -0.978. The first-order valence-electron chi connectivity index (χ1n) is 4.72. The number of hydrogen-bond acceptors (Lipinski definition) is 4. The van der Waals surface area contributed by atoms with E-state index in [0.29, 0.717) is 16.8 Å². The van der Waals surface area contributed by atoms with Gasteiger partial charge in [0.1, 0.15) is 5.92 Å². The van der Waals surface area contributed by atoms with Crippen molar-refractivity contribution < 1.29 is 14.0 Å². The number of hydrogen-bond donors (Lipinski definition) is 1. The van der Waals surface area contributed by atoms with Crippen LogP contribution in [0.3, 0.4) is 0 Å². The van der Waals surface area contributed by atoms with Crippen LogP contribution in [0.4, 0.5) is 0 Å². The van der Waals surface area contributed by atoms with E-state index in [4.69, 9.17) is 10.2 Å². The Kier molecular flexibility index (Phi) is 2.44. The quantitative estimate of drug-likeness (QED) is 0.743. The maximum atomic E-state index is 12.0. The number of amides is 1. The van der Waals surface area contributed by atoms with Crippen molar-refractivity contribution in [1.29, 1.82) is 0 Å². The molecule has 0 radical (unpaired) electrons. The summed E-state index contributed by atoms with van der Waals surface area (Å²) < 4.78 is 4.91. The second-order valence-electron chi connectivity index (χ2n) is 3.49. The summed E-state index contributed by atoms with van der Waals surface area (Å²) in [6.07, 6.45) is 4.18. The van der Waals surface area contributed by atoms with Gasteiger partial charge in [0.15, 0.2) is 5.78 Å². The lowest BCUT2D eigenvalue weighted by Crippen LogP contribution is -2.34. The molecule has 2 rings (SSSR count). The predicted molar refractivity (Wildman–Crippen MR) is 57.5 cm³/mol. The number of carbonyl (C=O) groups is 2. The van der Waals surface area contributed by atoms with E-state index in [2.05, 4.69) is 4.99 Å². The van der Waals surface area contributed by atoms with Gasteiger partial charge in [-0.1, -0.05) is 0 Å². The van der Waals surface area contributed by atoms with Crippen LogP contribution in [0, 0.1) is 5.92 Å². The maximum absolute atomic E-state index is 12.0. The van der Waals surface area contributed by atoms with E-state index in [-0.39, 0.29) is 5.78 Å². The molecule has 0 saturated heterocycles. The van der Waals surface area contributed by atoms with Crippen molar-refractivity contribution in [3.8, 4) is 0 Å². The molecule has 1 amide bonds. The van der Waals surface area contributed by atoms with Crippen LogP contribution in [-0.2, 0) is 9.59 Å². The first-order chi connectivity index (χ1) is 7.61. The standard InChI is InChI=1S/C11H10N2O3/c1-6-9(7-2-3-16-5-7)10(14)8(4-13-6)11(12)15/h2-5,8H,1H3,(H2,12,15). The SMILES string of the molecule is CC1=C(c2ccoc2)C(=O)C(C(N)=O)C=N1. The van der Waals surface area contributed by atoms with E-state index < -0.39 is 11.8 Å². The summed E-state index contributed by atoms with van der Waals surface area (Å²) in [5.74, 6) is -2.00. The Balaban J connectivity index is 2.47. The molecule has 1 aromatic heterocycles. The topological polar surface area (TPSA) is 85.7 Å². The highest BCUT2D eigenvalue weighted by atomic mass is 16.3.